The van der Waals surface area contributed by atoms with E-state index < -0.39 is 18.0 Å². The number of carbonyl (C=O) groups excluding carboxylic acids is 2. The van der Waals surface area contributed by atoms with Crippen LogP contribution >= 0.6 is 0 Å². The largest absolute Gasteiger partial charge is 0.548 e. The third-order valence-electron chi connectivity index (χ3n) is 2.75. The summed E-state index contributed by atoms with van der Waals surface area (Å²) in [4.78, 5) is 22.4. The van der Waals surface area contributed by atoms with Crippen molar-refractivity contribution in [3.05, 3.63) is 35.9 Å². The average Bonchev–Trinajstić information content (AvgIpc) is 2.36. The molecule has 5 heteroatoms. The Morgan fingerprint density at radius 2 is 1.84 bits per heavy atom. The fraction of sp³-hybridized carbons (Fsp3) is 0.429. The minimum Gasteiger partial charge on any atom is -0.548 e. The van der Waals surface area contributed by atoms with Crippen LogP contribution in [0.2, 0.25) is 0 Å². The SMILES string of the molecule is CC(C)[C@H](NC(=O)NCCc1ccccc1)C(=O)[O-]. The van der Waals surface area contributed by atoms with Crippen molar-refractivity contribution in [3.63, 3.8) is 0 Å². The first-order valence-electron chi connectivity index (χ1n) is 6.30. The van der Waals surface area contributed by atoms with Crippen LogP contribution in [0.25, 0.3) is 0 Å². The second kappa shape index (κ2) is 7.41. The number of nitrogens with one attached hydrogen (secondary N) is 2. The van der Waals surface area contributed by atoms with E-state index in [1.54, 1.807) is 13.8 Å². The third kappa shape index (κ3) is 5.42. The molecule has 104 valence electrons. The Bertz CT molecular complexity index is 418. The molecule has 0 saturated heterocycles. The molecule has 0 heterocycles. The minimum atomic E-state index is -1.27. The van der Waals surface area contributed by atoms with Gasteiger partial charge < -0.3 is 20.5 Å². The van der Waals surface area contributed by atoms with E-state index in [9.17, 15) is 14.7 Å². The molecule has 1 rings (SSSR count). The van der Waals surface area contributed by atoms with Crippen LogP contribution in [-0.2, 0) is 11.2 Å². The summed E-state index contributed by atoms with van der Waals surface area (Å²) in [6, 6.07) is 8.27. The summed E-state index contributed by atoms with van der Waals surface area (Å²) in [6.45, 7) is 3.88. The molecule has 0 aliphatic heterocycles. The Hall–Kier alpha value is -2.04. The van der Waals surface area contributed by atoms with E-state index in [-0.39, 0.29) is 5.92 Å². The van der Waals surface area contributed by atoms with Crippen LogP contribution in [0.3, 0.4) is 0 Å². The minimum absolute atomic E-state index is 0.218. The fourth-order valence-electron chi connectivity index (χ4n) is 1.66. The Morgan fingerprint density at radius 1 is 1.21 bits per heavy atom. The van der Waals surface area contributed by atoms with Gasteiger partial charge in [-0.1, -0.05) is 44.2 Å². The maximum atomic E-state index is 11.5. The molecule has 5 nitrogen and oxygen atoms in total. The molecular formula is C14H19N2O3-. The summed E-state index contributed by atoms with van der Waals surface area (Å²) >= 11 is 0. The van der Waals surface area contributed by atoms with Crippen molar-refractivity contribution in [1.29, 1.82) is 0 Å². The molecule has 0 spiro atoms. The Balaban J connectivity index is 2.33. The number of urea groups is 1. The van der Waals surface area contributed by atoms with Gasteiger partial charge in [-0.05, 0) is 17.9 Å². The number of hydrogen-bond acceptors (Lipinski definition) is 3. The number of amides is 2. The van der Waals surface area contributed by atoms with Gasteiger partial charge in [0.05, 0.1) is 12.0 Å². The standard InChI is InChI=1S/C14H20N2O3/c1-10(2)12(13(17)18)16-14(19)15-9-8-11-6-4-3-5-7-11/h3-7,10,12H,8-9H2,1-2H3,(H,17,18)(H2,15,16,19)/p-1/t12-/m0/s1. The van der Waals surface area contributed by atoms with Gasteiger partial charge in [-0.3, -0.25) is 0 Å². The predicted molar refractivity (Wildman–Crippen MR) is 70.3 cm³/mol. The van der Waals surface area contributed by atoms with Crippen molar-refractivity contribution in [1.82, 2.24) is 10.6 Å². The number of carboxylic acid groups (broad SMARTS) is 1. The van der Waals surface area contributed by atoms with E-state index >= 15 is 0 Å². The number of carbonyl (C=O) groups is 2. The highest BCUT2D eigenvalue weighted by atomic mass is 16.4. The highest BCUT2D eigenvalue weighted by molar-refractivity contribution is 5.81. The Kier molecular flexibility index (Phi) is 5.85. The third-order valence-corrected chi connectivity index (χ3v) is 2.75. The molecule has 1 aromatic carbocycles. The van der Waals surface area contributed by atoms with Gasteiger partial charge in [0.2, 0.25) is 0 Å². The van der Waals surface area contributed by atoms with Gasteiger partial charge in [-0.15, -0.1) is 0 Å². The molecule has 0 aliphatic carbocycles. The van der Waals surface area contributed by atoms with E-state index in [2.05, 4.69) is 10.6 Å². The second-order valence-corrected chi connectivity index (χ2v) is 4.68. The van der Waals surface area contributed by atoms with Gasteiger partial charge in [-0.2, -0.15) is 0 Å². The summed E-state index contributed by atoms with van der Waals surface area (Å²) in [7, 11) is 0. The monoisotopic (exact) mass is 263 g/mol. The van der Waals surface area contributed by atoms with Crippen molar-refractivity contribution in [3.8, 4) is 0 Å². The highest BCUT2D eigenvalue weighted by Crippen LogP contribution is 2.00. The molecule has 0 aliphatic rings. The molecule has 1 atom stereocenters. The van der Waals surface area contributed by atoms with Gasteiger partial charge in [0.15, 0.2) is 0 Å². The van der Waals surface area contributed by atoms with Crippen LogP contribution < -0.4 is 15.7 Å². The first-order chi connectivity index (χ1) is 9.00. The first kappa shape index (κ1) is 15.0. The van der Waals surface area contributed by atoms with Crippen LogP contribution in [0.5, 0.6) is 0 Å². The van der Waals surface area contributed by atoms with Crippen LogP contribution in [0.1, 0.15) is 19.4 Å². The molecule has 0 bridgehead atoms. The molecule has 0 saturated carbocycles. The molecule has 0 radical (unpaired) electrons. The predicted octanol–water partition coefficient (Wildman–Crippen LogP) is 0.303. The van der Waals surface area contributed by atoms with E-state index in [0.717, 1.165) is 5.56 Å². The van der Waals surface area contributed by atoms with Gasteiger partial charge in [0.25, 0.3) is 0 Å². The number of carboxylic acids is 1. The average molecular weight is 263 g/mol. The number of aliphatic carboxylic acids is 1. The van der Waals surface area contributed by atoms with Gasteiger partial charge in [0.1, 0.15) is 0 Å². The van der Waals surface area contributed by atoms with Gasteiger partial charge in [0, 0.05) is 6.54 Å². The van der Waals surface area contributed by atoms with Crippen LogP contribution in [0, 0.1) is 5.92 Å². The number of hydrogen-bond donors (Lipinski definition) is 2. The van der Waals surface area contributed by atoms with Gasteiger partial charge >= 0.3 is 6.03 Å². The van der Waals surface area contributed by atoms with Crippen LogP contribution in [0.4, 0.5) is 4.79 Å². The molecule has 2 N–H and O–H groups in total. The zero-order valence-corrected chi connectivity index (χ0v) is 11.2. The molecule has 2 amide bonds. The maximum Gasteiger partial charge on any atom is 0.315 e. The molecule has 0 aromatic heterocycles. The van der Waals surface area contributed by atoms with Crippen LogP contribution in [0.15, 0.2) is 30.3 Å². The molecule has 0 fully saturated rings. The zero-order valence-electron chi connectivity index (χ0n) is 11.2. The smallest absolute Gasteiger partial charge is 0.315 e. The van der Waals surface area contributed by atoms with E-state index in [1.165, 1.54) is 0 Å². The van der Waals surface area contributed by atoms with E-state index in [4.69, 9.17) is 0 Å². The lowest BCUT2D eigenvalue weighted by Crippen LogP contribution is -2.53. The summed E-state index contributed by atoms with van der Waals surface area (Å²) in [6.07, 6.45) is 0.700. The maximum absolute atomic E-state index is 11.5. The lowest BCUT2D eigenvalue weighted by molar-refractivity contribution is -0.309. The highest BCUT2D eigenvalue weighted by Gasteiger charge is 2.16. The Labute approximate surface area is 113 Å². The quantitative estimate of drug-likeness (QED) is 0.774. The van der Waals surface area contributed by atoms with Crippen molar-refractivity contribution < 1.29 is 14.7 Å². The summed E-state index contributed by atoms with van der Waals surface area (Å²) in [5.41, 5.74) is 1.11. The summed E-state index contributed by atoms with van der Waals surface area (Å²) in [5.74, 6) is -1.49. The van der Waals surface area contributed by atoms with Crippen molar-refractivity contribution in [2.75, 3.05) is 6.54 Å². The number of benzene rings is 1. The summed E-state index contributed by atoms with van der Waals surface area (Å²) in [5, 5.41) is 15.8. The lowest BCUT2D eigenvalue weighted by atomic mass is 10.1. The summed E-state index contributed by atoms with van der Waals surface area (Å²) < 4.78 is 0. The molecule has 1 aromatic rings. The molecule has 0 unspecified atom stereocenters. The molecular weight excluding hydrogens is 244 g/mol. The van der Waals surface area contributed by atoms with Crippen molar-refractivity contribution in [2.24, 2.45) is 5.92 Å². The normalized spacial score (nSPS) is 11.9. The van der Waals surface area contributed by atoms with Crippen molar-refractivity contribution in [2.45, 2.75) is 26.3 Å². The second-order valence-electron chi connectivity index (χ2n) is 4.68. The number of rotatable bonds is 6. The topological polar surface area (TPSA) is 81.3 Å². The fourth-order valence-corrected chi connectivity index (χ4v) is 1.66. The molecule has 19 heavy (non-hydrogen) atoms. The lowest BCUT2D eigenvalue weighted by Gasteiger charge is -2.23. The van der Waals surface area contributed by atoms with Gasteiger partial charge in [-0.25, -0.2) is 4.79 Å². The van der Waals surface area contributed by atoms with E-state index in [1.807, 2.05) is 30.3 Å². The van der Waals surface area contributed by atoms with Crippen LogP contribution in [-0.4, -0.2) is 24.6 Å². The van der Waals surface area contributed by atoms with E-state index in [0.29, 0.717) is 13.0 Å². The zero-order chi connectivity index (χ0) is 14.3. The van der Waals surface area contributed by atoms with Crippen molar-refractivity contribution >= 4 is 12.0 Å². The first-order valence-corrected chi connectivity index (χ1v) is 6.30. The Morgan fingerprint density at radius 3 is 2.37 bits per heavy atom.